The van der Waals surface area contributed by atoms with Gasteiger partial charge in [-0.05, 0) is 51.7 Å². The first-order valence-corrected chi connectivity index (χ1v) is 8.92. The molecule has 0 aliphatic heterocycles. The molecule has 1 saturated carbocycles. The molecule has 0 saturated heterocycles. The number of ether oxygens (including phenoxy) is 1. The molecule has 136 valence electrons. The van der Waals surface area contributed by atoms with Gasteiger partial charge in [-0.3, -0.25) is 0 Å². The monoisotopic (exact) mass is 345 g/mol. The van der Waals surface area contributed by atoms with Crippen molar-refractivity contribution in [2.45, 2.75) is 70.3 Å². The minimum atomic E-state index is -0.867. The van der Waals surface area contributed by atoms with Crippen LogP contribution < -0.4 is 4.74 Å². The number of aliphatic hydroxyl groups excluding tert-OH is 1. The highest BCUT2D eigenvalue weighted by Gasteiger charge is 2.27. The molecule has 0 spiro atoms. The highest BCUT2D eigenvalue weighted by atomic mass is 16.5. The molecule has 0 unspecified atom stereocenters. The summed E-state index contributed by atoms with van der Waals surface area (Å²) in [4.78, 5) is 4.69. The van der Waals surface area contributed by atoms with Crippen molar-refractivity contribution in [3.8, 4) is 5.75 Å². The van der Waals surface area contributed by atoms with Crippen LogP contribution in [0.5, 0.6) is 5.75 Å². The van der Waals surface area contributed by atoms with E-state index in [0.29, 0.717) is 19.0 Å². The Morgan fingerprint density at radius 3 is 2.48 bits per heavy atom. The van der Waals surface area contributed by atoms with Gasteiger partial charge in [-0.25, -0.2) is 9.67 Å². The fourth-order valence-electron chi connectivity index (χ4n) is 3.25. The van der Waals surface area contributed by atoms with E-state index in [1.54, 1.807) is 13.8 Å². The fraction of sp³-hybridized carbons (Fsp3) is 0.579. The van der Waals surface area contributed by atoms with Gasteiger partial charge in [0, 0.05) is 5.92 Å². The molecule has 2 aromatic rings. The van der Waals surface area contributed by atoms with E-state index < -0.39 is 5.60 Å². The third-order valence-electron chi connectivity index (χ3n) is 4.45. The van der Waals surface area contributed by atoms with Crippen LogP contribution in [0.4, 0.5) is 0 Å². The van der Waals surface area contributed by atoms with E-state index >= 15 is 0 Å². The first-order valence-electron chi connectivity index (χ1n) is 8.92. The van der Waals surface area contributed by atoms with Crippen LogP contribution in [-0.2, 0) is 13.2 Å². The van der Waals surface area contributed by atoms with Crippen LogP contribution in [0.2, 0.25) is 0 Å². The lowest BCUT2D eigenvalue weighted by atomic mass is 9.87. The molecule has 2 N–H and O–H groups in total. The van der Waals surface area contributed by atoms with Gasteiger partial charge in [0.25, 0.3) is 0 Å². The first-order chi connectivity index (χ1) is 11.9. The maximum atomic E-state index is 10.2. The highest BCUT2D eigenvalue weighted by molar-refractivity contribution is 5.21. The zero-order valence-electron chi connectivity index (χ0n) is 14.9. The average Bonchev–Trinajstić information content (AvgIpc) is 2.95. The normalized spacial score (nSPS) is 21.3. The number of nitrogens with zero attached hydrogens (tertiary/aromatic N) is 3. The van der Waals surface area contributed by atoms with Gasteiger partial charge in [0.2, 0.25) is 0 Å². The second kappa shape index (κ2) is 7.54. The molecular formula is C19H27N3O3. The number of benzene rings is 1. The van der Waals surface area contributed by atoms with E-state index in [1.807, 2.05) is 35.0 Å². The number of para-hydroxylation sites is 1. The third kappa shape index (κ3) is 5.03. The van der Waals surface area contributed by atoms with E-state index in [4.69, 9.17) is 9.72 Å². The van der Waals surface area contributed by atoms with E-state index in [9.17, 15) is 10.2 Å². The average molecular weight is 345 g/mol. The fourth-order valence-corrected chi connectivity index (χ4v) is 3.25. The van der Waals surface area contributed by atoms with E-state index in [-0.39, 0.29) is 12.0 Å². The summed E-state index contributed by atoms with van der Waals surface area (Å²) in [6.45, 7) is 4.22. The summed E-state index contributed by atoms with van der Waals surface area (Å²) >= 11 is 0. The van der Waals surface area contributed by atoms with Gasteiger partial charge in [0.05, 0.1) is 18.2 Å². The molecule has 1 aliphatic carbocycles. The largest absolute Gasteiger partial charge is 0.486 e. The molecule has 1 aromatic heterocycles. The molecule has 25 heavy (non-hydrogen) atoms. The molecule has 0 amide bonds. The van der Waals surface area contributed by atoms with Crippen molar-refractivity contribution in [1.29, 1.82) is 0 Å². The molecule has 0 atom stereocenters. The van der Waals surface area contributed by atoms with Crippen molar-refractivity contribution in [2.75, 3.05) is 0 Å². The molecule has 6 nitrogen and oxygen atoms in total. The zero-order valence-corrected chi connectivity index (χ0v) is 14.9. The lowest BCUT2D eigenvalue weighted by Crippen LogP contribution is -2.29. The number of hydrogen-bond acceptors (Lipinski definition) is 5. The first kappa shape index (κ1) is 17.9. The standard InChI is InChI=1S/C19H27N3O3/c1-19(2,24)13-22-18(14-8-10-15(23)11-9-14)20-17(21-22)12-25-16-6-4-3-5-7-16/h3-7,14-15,23-24H,8-13H2,1-2H3. The Morgan fingerprint density at radius 1 is 1.16 bits per heavy atom. The SMILES string of the molecule is CC(C)(O)Cn1nc(COc2ccccc2)nc1C1CCC(O)CC1. The Bertz CT molecular complexity index is 671. The molecule has 6 heteroatoms. The number of aromatic nitrogens is 3. The van der Waals surface area contributed by atoms with E-state index in [1.165, 1.54) is 0 Å². The summed E-state index contributed by atoms with van der Waals surface area (Å²) < 4.78 is 7.57. The maximum Gasteiger partial charge on any atom is 0.188 e. The van der Waals surface area contributed by atoms with Crippen molar-refractivity contribution in [2.24, 2.45) is 0 Å². The lowest BCUT2D eigenvalue weighted by Gasteiger charge is -2.26. The predicted molar refractivity (Wildman–Crippen MR) is 94.3 cm³/mol. The molecule has 1 fully saturated rings. The van der Waals surface area contributed by atoms with E-state index in [2.05, 4.69) is 5.10 Å². The lowest BCUT2D eigenvalue weighted by molar-refractivity contribution is 0.0549. The summed E-state index contributed by atoms with van der Waals surface area (Å²) in [5.74, 6) is 2.56. The predicted octanol–water partition coefficient (Wildman–Crippen LogP) is 2.65. The van der Waals surface area contributed by atoms with Crippen molar-refractivity contribution in [1.82, 2.24) is 14.8 Å². The highest BCUT2D eigenvalue weighted by Crippen LogP contribution is 2.32. The van der Waals surface area contributed by atoms with E-state index in [0.717, 1.165) is 37.3 Å². The van der Waals surface area contributed by atoms with Crippen LogP contribution in [0.1, 0.15) is 57.1 Å². The van der Waals surface area contributed by atoms with Gasteiger partial charge in [-0.1, -0.05) is 18.2 Å². The third-order valence-corrected chi connectivity index (χ3v) is 4.45. The van der Waals surface area contributed by atoms with Gasteiger partial charge in [0.1, 0.15) is 18.2 Å². The van der Waals surface area contributed by atoms with Crippen LogP contribution in [0.15, 0.2) is 30.3 Å². The molecule has 1 aromatic carbocycles. The topological polar surface area (TPSA) is 80.4 Å². The second-order valence-corrected chi connectivity index (χ2v) is 7.46. The van der Waals surface area contributed by atoms with Gasteiger partial charge in [0.15, 0.2) is 5.82 Å². The summed E-state index contributed by atoms with van der Waals surface area (Å²) in [7, 11) is 0. The Labute approximate surface area is 148 Å². The van der Waals surface area contributed by atoms with Crippen LogP contribution in [0.3, 0.4) is 0 Å². The second-order valence-electron chi connectivity index (χ2n) is 7.46. The van der Waals surface area contributed by atoms with Crippen LogP contribution in [0, 0.1) is 0 Å². The van der Waals surface area contributed by atoms with Crippen LogP contribution in [-0.4, -0.2) is 36.7 Å². The zero-order chi connectivity index (χ0) is 17.9. The molecule has 1 heterocycles. The Morgan fingerprint density at radius 2 is 1.84 bits per heavy atom. The molecule has 0 radical (unpaired) electrons. The Kier molecular flexibility index (Phi) is 5.39. The van der Waals surface area contributed by atoms with Crippen LogP contribution >= 0.6 is 0 Å². The molecule has 3 rings (SSSR count). The summed E-state index contributed by atoms with van der Waals surface area (Å²) in [6, 6.07) is 9.59. The Balaban J connectivity index is 1.76. The van der Waals surface area contributed by atoms with Crippen molar-refractivity contribution >= 4 is 0 Å². The van der Waals surface area contributed by atoms with Gasteiger partial charge in [-0.2, -0.15) is 5.10 Å². The smallest absolute Gasteiger partial charge is 0.188 e. The number of aliphatic hydroxyl groups is 2. The summed E-state index contributed by atoms with van der Waals surface area (Å²) in [6.07, 6.45) is 3.16. The minimum absolute atomic E-state index is 0.206. The quantitative estimate of drug-likeness (QED) is 0.841. The van der Waals surface area contributed by atoms with Crippen LogP contribution in [0.25, 0.3) is 0 Å². The number of hydrogen-bond donors (Lipinski definition) is 2. The van der Waals surface area contributed by atoms with Crippen molar-refractivity contribution < 1.29 is 14.9 Å². The van der Waals surface area contributed by atoms with Gasteiger partial charge in [-0.15, -0.1) is 0 Å². The minimum Gasteiger partial charge on any atom is -0.486 e. The van der Waals surface area contributed by atoms with Crippen molar-refractivity contribution in [3.05, 3.63) is 42.0 Å². The maximum absolute atomic E-state index is 10.2. The van der Waals surface area contributed by atoms with Crippen molar-refractivity contribution in [3.63, 3.8) is 0 Å². The van der Waals surface area contributed by atoms with Gasteiger partial charge >= 0.3 is 0 Å². The Hall–Kier alpha value is -1.92. The number of rotatable bonds is 6. The summed E-state index contributed by atoms with van der Waals surface area (Å²) in [5.41, 5.74) is -0.867. The molecular weight excluding hydrogens is 318 g/mol. The molecule has 1 aliphatic rings. The summed E-state index contributed by atoms with van der Waals surface area (Å²) in [5, 5.41) is 24.5. The molecule has 0 bridgehead atoms. The van der Waals surface area contributed by atoms with Gasteiger partial charge < -0.3 is 14.9 Å².